The van der Waals surface area contributed by atoms with Gasteiger partial charge < -0.3 is 5.32 Å². The fourth-order valence-corrected chi connectivity index (χ4v) is 2.13. The molecule has 0 bridgehead atoms. The van der Waals surface area contributed by atoms with Gasteiger partial charge in [-0.05, 0) is 31.6 Å². The zero-order valence-corrected chi connectivity index (χ0v) is 5.77. The van der Waals surface area contributed by atoms with Crippen LogP contribution < -0.4 is 5.32 Å². The van der Waals surface area contributed by atoms with Gasteiger partial charge in [-0.3, -0.25) is 0 Å². The van der Waals surface area contributed by atoms with E-state index in [2.05, 4.69) is 11.9 Å². The molecule has 1 saturated carbocycles. The van der Waals surface area contributed by atoms with E-state index < -0.39 is 0 Å². The van der Waals surface area contributed by atoms with Crippen molar-refractivity contribution in [3.8, 4) is 0 Å². The predicted octanol–water partition coefficient (Wildman–Crippen LogP) is 1.70. The first-order valence-corrected chi connectivity index (χ1v) is 4.04. The normalized spacial score (nSPS) is 42.7. The van der Waals surface area contributed by atoms with Gasteiger partial charge in [0.2, 0.25) is 0 Å². The third kappa shape index (κ3) is 0.983. The van der Waals surface area contributed by atoms with Crippen molar-refractivity contribution >= 4 is 0 Å². The van der Waals surface area contributed by atoms with Crippen LogP contribution in [-0.2, 0) is 0 Å². The van der Waals surface area contributed by atoms with Crippen molar-refractivity contribution in [1.29, 1.82) is 0 Å². The molecule has 1 aliphatic carbocycles. The lowest BCUT2D eigenvalue weighted by Crippen LogP contribution is -2.34. The van der Waals surface area contributed by atoms with Gasteiger partial charge in [0.1, 0.15) is 0 Å². The van der Waals surface area contributed by atoms with E-state index >= 15 is 0 Å². The Hall–Kier alpha value is -0.0400. The Balaban J connectivity index is 1.97. The molecule has 1 aliphatic heterocycles. The van der Waals surface area contributed by atoms with Crippen LogP contribution in [0, 0.1) is 12.5 Å². The van der Waals surface area contributed by atoms with Crippen molar-refractivity contribution in [2.45, 2.75) is 38.1 Å². The topological polar surface area (TPSA) is 12.0 Å². The molecule has 1 heterocycles. The molecule has 0 amide bonds. The van der Waals surface area contributed by atoms with Gasteiger partial charge in [0.15, 0.2) is 0 Å². The predicted molar refractivity (Wildman–Crippen MR) is 37.8 cm³/mol. The van der Waals surface area contributed by atoms with E-state index in [9.17, 15) is 0 Å². The molecule has 0 aromatic heterocycles. The Morgan fingerprint density at radius 1 is 1.22 bits per heavy atom. The number of piperidine rings is 1. The SMILES string of the molecule is [CH]1CCC2CCCC2N1. The lowest BCUT2D eigenvalue weighted by molar-refractivity contribution is 0.350. The van der Waals surface area contributed by atoms with Gasteiger partial charge in [-0.1, -0.05) is 6.42 Å². The molecule has 1 heteroatoms. The molecular weight excluding hydrogens is 110 g/mol. The second-order valence-electron chi connectivity index (χ2n) is 3.25. The summed E-state index contributed by atoms with van der Waals surface area (Å²) in [5.74, 6) is 1.02. The minimum absolute atomic E-state index is 0.860. The summed E-state index contributed by atoms with van der Waals surface area (Å²) >= 11 is 0. The third-order valence-corrected chi connectivity index (χ3v) is 2.67. The summed E-state index contributed by atoms with van der Waals surface area (Å²) in [7, 11) is 0. The average Bonchev–Trinajstić information content (AvgIpc) is 2.33. The first-order chi connectivity index (χ1) is 4.47. The molecule has 0 spiro atoms. The van der Waals surface area contributed by atoms with E-state index in [-0.39, 0.29) is 0 Å². The second kappa shape index (κ2) is 2.30. The van der Waals surface area contributed by atoms with Gasteiger partial charge in [-0.25, -0.2) is 0 Å². The van der Waals surface area contributed by atoms with Crippen molar-refractivity contribution in [2.24, 2.45) is 5.92 Å². The van der Waals surface area contributed by atoms with Gasteiger partial charge in [-0.2, -0.15) is 0 Å². The third-order valence-electron chi connectivity index (χ3n) is 2.67. The van der Waals surface area contributed by atoms with Gasteiger partial charge >= 0.3 is 0 Å². The molecule has 2 unspecified atom stereocenters. The first kappa shape index (κ1) is 5.72. The average molecular weight is 124 g/mol. The molecule has 2 aliphatic rings. The molecule has 51 valence electrons. The lowest BCUT2D eigenvalue weighted by Gasteiger charge is -2.25. The molecule has 2 rings (SSSR count). The van der Waals surface area contributed by atoms with Crippen LogP contribution in [0.15, 0.2) is 0 Å². The minimum Gasteiger partial charge on any atom is -0.309 e. The molecule has 0 aromatic carbocycles. The molecule has 1 saturated heterocycles. The van der Waals surface area contributed by atoms with Gasteiger partial charge in [0.25, 0.3) is 0 Å². The van der Waals surface area contributed by atoms with Gasteiger partial charge in [0, 0.05) is 12.6 Å². The molecule has 1 nitrogen and oxygen atoms in total. The summed E-state index contributed by atoms with van der Waals surface area (Å²) < 4.78 is 0. The van der Waals surface area contributed by atoms with Crippen LogP contribution in [0.4, 0.5) is 0 Å². The molecular formula is C8H14N. The summed E-state index contributed by atoms with van der Waals surface area (Å²) in [6.45, 7) is 2.24. The lowest BCUT2D eigenvalue weighted by atomic mass is 9.94. The van der Waals surface area contributed by atoms with Crippen LogP contribution in [0.1, 0.15) is 32.1 Å². The quantitative estimate of drug-likeness (QED) is 0.518. The number of fused-ring (bicyclic) bond motifs is 1. The highest BCUT2D eigenvalue weighted by molar-refractivity contribution is 4.90. The largest absolute Gasteiger partial charge is 0.309 e. The van der Waals surface area contributed by atoms with Crippen LogP contribution >= 0.6 is 0 Å². The fraction of sp³-hybridized carbons (Fsp3) is 0.875. The van der Waals surface area contributed by atoms with E-state index in [1.807, 2.05) is 0 Å². The molecule has 1 N–H and O–H groups in total. The highest BCUT2D eigenvalue weighted by atomic mass is 14.9. The van der Waals surface area contributed by atoms with E-state index in [1.54, 1.807) is 0 Å². The zero-order chi connectivity index (χ0) is 6.10. The minimum atomic E-state index is 0.860. The van der Waals surface area contributed by atoms with Crippen molar-refractivity contribution < 1.29 is 0 Å². The van der Waals surface area contributed by atoms with Crippen LogP contribution in [0.25, 0.3) is 0 Å². The Kier molecular flexibility index (Phi) is 1.46. The van der Waals surface area contributed by atoms with E-state index in [1.165, 1.54) is 32.1 Å². The Labute approximate surface area is 56.8 Å². The second-order valence-corrected chi connectivity index (χ2v) is 3.25. The standard InChI is InChI=1S/C8H14N/c1-3-7-4-2-6-9-8(7)5-1/h6-9H,1-5H2. The van der Waals surface area contributed by atoms with E-state index in [4.69, 9.17) is 0 Å². The molecule has 2 fully saturated rings. The maximum atomic E-state index is 3.46. The van der Waals surface area contributed by atoms with Gasteiger partial charge in [-0.15, -0.1) is 0 Å². The van der Waals surface area contributed by atoms with Crippen LogP contribution in [-0.4, -0.2) is 6.04 Å². The molecule has 2 atom stereocenters. The number of hydrogen-bond acceptors (Lipinski definition) is 1. The molecule has 9 heavy (non-hydrogen) atoms. The first-order valence-electron chi connectivity index (χ1n) is 4.04. The van der Waals surface area contributed by atoms with E-state index in [0.29, 0.717) is 0 Å². The maximum Gasteiger partial charge on any atom is 0.0224 e. The monoisotopic (exact) mass is 124 g/mol. The van der Waals surface area contributed by atoms with Crippen LogP contribution in [0.2, 0.25) is 0 Å². The fourth-order valence-electron chi connectivity index (χ4n) is 2.13. The number of nitrogens with one attached hydrogen (secondary N) is 1. The number of rotatable bonds is 0. The van der Waals surface area contributed by atoms with E-state index in [0.717, 1.165) is 12.0 Å². The van der Waals surface area contributed by atoms with Crippen LogP contribution in [0.5, 0.6) is 0 Å². The summed E-state index contributed by atoms with van der Waals surface area (Å²) in [4.78, 5) is 0. The van der Waals surface area contributed by atoms with Crippen molar-refractivity contribution in [3.05, 3.63) is 6.54 Å². The smallest absolute Gasteiger partial charge is 0.0224 e. The maximum absolute atomic E-state index is 3.46. The zero-order valence-electron chi connectivity index (χ0n) is 5.77. The molecule has 1 radical (unpaired) electrons. The summed E-state index contributed by atoms with van der Waals surface area (Å²) in [5.41, 5.74) is 0. The number of hydrogen-bond donors (Lipinski definition) is 1. The van der Waals surface area contributed by atoms with Crippen molar-refractivity contribution in [3.63, 3.8) is 0 Å². The summed E-state index contributed by atoms with van der Waals surface area (Å²) in [6.07, 6.45) is 7.09. The van der Waals surface area contributed by atoms with Gasteiger partial charge in [0.05, 0.1) is 0 Å². The highest BCUT2D eigenvalue weighted by Crippen LogP contribution is 2.32. The summed E-state index contributed by atoms with van der Waals surface area (Å²) in [6, 6.07) is 0.860. The Morgan fingerprint density at radius 3 is 3.11 bits per heavy atom. The Morgan fingerprint density at radius 2 is 2.22 bits per heavy atom. The highest BCUT2D eigenvalue weighted by Gasteiger charge is 2.28. The van der Waals surface area contributed by atoms with Crippen LogP contribution in [0.3, 0.4) is 0 Å². The van der Waals surface area contributed by atoms with Crippen molar-refractivity contribution in [1.82, 2.24) is 5.32 Å². The Bertz CT molecular complexity index is 88.7. The molecule has 0 aromatic rings. The van der Waals surface area contributed by atoms with Crippen molar-refractivity contribution in [2.75, 3.05) is 0 Å². The summed E-state index contributed by atoms with van der Waals surface area (Å²) in [5, 5.41) is 3.46.